The van der Waals surface area contributed by atoms with Gasteiger partial charge in [-0.05, 0) is 31.5 Å². The van der Waals surface area contributed by atoms with Crippen LogP contribution in [0.25, 0.3) is 0 Å². The van der Waals surface area contributed by atoms with Crippen LogP contribution in [0.1, 0.15) is 19.4 Å². The van der Waals surface area contributed by atoms with Gasteiger partial charge in [0.1, 0.15) is 0 Å². The molecule has 0 fully saturated rings. The quantitative estimate of drug-likeness (QED) is 0.342. The van der Waals surface area contributed by atoms with E-state index >= 15 is 0 Å². The highest BCUT2D eigenvalue weighted by Gasteiger charge is 2.23. The molecule has 1 aromatic carbocycles. The predicted octanol–water partition coefficient (Wildman–Crippen LogP) is 2.30. The molecule has 0 spiro atoms. The molecule has 0 aliphatic rings. The second kappa shape index (κ2) is 4.20. The zero-order chi connectivity index (χ0) is 12.3. The number of nitro benzene ring substituents is 1. The molecule has 0 amide bonds. The first-order valence-electron chi connectivity index (χ1n) is 4.42. The summed E-state index contributed by atoms with van der Waals surface area (Å²) in [5.41, 5.74) is -1.17. The van der Waals surface area contributed by atoms with E-state index in [0.717, 1.165) is 12.1 Å². The molecule has 0 atom stereocenters. The fourth-order valence-corrected chi connectivity index (χ4v) is 1.21. The van der Waals surface area contributed by atoms with Crippen molar-refractivity contribution in [3.05, 3.63) is 39.7 Å². The summed E-state index contributed by atoms with van der Waals surface area (Å²) in [5.74, 6) is -0.948. The number of nitrogens with zero attached hydrogens (tertiary/aromatic N) is 2. The first-order chi connectivity index (χ1) is 7.38. The van der Waals surface area contributed by atoms with Gasteiger partial charge in [0, 0.05) is 6.07 Å². The van der Waals surface area contributed by atoms with Crippen molar-refractivity contribution < 1.29 is 14.1 Å². The standard InChI is InChI=1S/C10H9FN2O3/c1-10(2,12-6-14)7-3-4-9(13(15)16)8(11)5-7/h3-5H,1-2H3. The highest BCUT2D eigenvalue weighted by atomic mass is 19.1. The highest BCUT2D eigenvalue weighted by molar-refractivity contribution is 5.41. The number of hydrogen-bond donors (Lipinski definition) is 0. The normalized spacial score (nSPS) is 10.7. The van der Waals surface area contributed by atoms with Gasteiger partial charge in [0.25, 0.3) is 0 Å². The van der Waals surface area contributed by atoms with Crippen molar-refractivity contribution >= 4 is 11.8 Å². The fraction of sp³-hybridized carbons (Fsp3) is 0.300. The smallest absolute Gasteiger partial charge is 0.258 e. The Labute approximate surface area is 90.8 Å². The Kier molecular flexibility index (Phi) is 3.15. The molecule has 16 heavy (non-hydrogen) atoms. The number of halogens is 1. The molecular weight excluding hydrogens is 215 g/mol. The van der Waals surface area contributed by atoms with Gasteiger partial charge in [-0.15, -0.1) is 0 Å². The second-order valence-corrected chi connectivity index (χ2v) is 3.69. The van der Waals surface area contributed by atoms with E-state index in [0.29, 0.717) is 5.56 Å². The van der Waals surface area contributed by atoms with Crippen molar-refractivity contribution in [2.75, 3.05) is 0 Å². The predicted molar refractivity (Wildman–Crippen MR) is 54.2 cm³/mol. The van der Waals surface area contributed by atoms with Gasteiger partial charge in [-0.25, -0.2) is 4.79 Å². The molecule has 0 aliphatic heterocycles. The number of hydrogen-bond acceptors (Lipinski definition) is 4. The Balaban J connectivity index is 3.25. The van der Waals surface area contributed by atoms with Crippen LogP contribution in [-0.2, 0) is 10.3 Å². The lowest BCUT2D eigenvalue weighted by molar-refractivity contribution is -0.387. The van der Waals surface area contributed by atoms with Gasteiger partial charge in [0.2, 0.25) is 11.9 Å². The highest BCUT2D eigenvalue weighted by Crippen LogP contribution is 2.28. The van der Waals surface area contributed by atoms with Crippen LogP contribution >= 0.6 is 0 Å². The van der Waals surface area contributed by atoms with Crippen LogP contribution in [0.5, 0.6) is 0 Å². The number of rotatable bonds is 3. The minimum Gasteiger partial charge on any atom is -0.258 e. The average Bonchev–Trinajstić information content (AvgIpc) is 2.16. The minimum absolute atomic E-state index is 0.374. The monoisotopic (exact) mass is 224 g/mol. The van der Waals surface area contributed by atoms with Gasteiger partial charge in [0.15, 0.2) is 0 Å². The number of carbonyl (C=O) groups excluding carboxylic acids is 1. The van der Waals surface area contributed by atoms with E-state index in [9.17, 15) is 19.3 Å². The van der Waals surface area contributed by atoms with E-state index in [4.69, 9.17) is 0 Å². The van der Waals surface area contributed by atoms with Crippen LogP contribution in [0.3, 0.4) is 0 Å². The van der Waals surface area contributed by atoms with Gasteiger partial charge in [-0.2, -0.15) is 9.38 Å². The first-order valence-corrected chi connectivity index (χ1v) is 4.42. The van der Waals surface area contributed by atoms with E-state index in [2.05, 4.69) is 4.99 Å². The lowest BCUT2D eigenvalue weighted by atomic mass is 9.95. The molecular formula is C10H9FN2O3. The maximum absolute atomic E-state index is 13.3. The van der Waals surface area contributed by atoms with E-state index in [1.54, 1.807) is 13.8 Å². The number of isocyanates is 1. The Morgan fingerprint density at radius 2 is 2.12 bits per heavy atom. The van der Waals surface area contributed by atoms with Crippen molar-refractivity contribution in [1.29, 1.82) is 0 Å². The lowest BCUT2D eigenvalue weighted by Crippen LogP contribution is -2.14. The van der Waals surface area contributed by atoms with Gasteiger partial charge in [-0.1, -0.05) is 0 Å². The molecule has 0 aliphatic carbocycles. The van der Waals surface area contributed by atoms with Crippen LogP contribution in [0.2, 0.25) is 0 Å². The van der Waals surface area contributed by atoms with Crippen molar-refractivity contribution in [2.45, 2.75) is 19.4 Å². The second-order valence-electron chi connectivity index (χ2n) is 3.69. The van der Waals surface area contributed by atoms with Gasteiger partial charge in [-0.3, -0.25) is 10.1 Å². The molecule has 5 nitrogen and oxygen atoms in total. The molecule has 0 aromatic heterocycles. The number of benzene rings is 1. The zero-order valence-corrected chi connectivity index (χ0v) is 8.73. The number of nitro groups is 1. The molecule has 0 saturated carbocycles. The molecule has 0 N–H and O–H groups in total. The van der Waals surface area contributed by atoms with Gasteiger partial charge < -0.3 is 0 Å². The maximum atomic E-state index is 13.3. The largest absolute Gasteiger partial charge is 0.304 e. The Morgan fingerprint density at radius 1 is 1.50 bits per heavy atom. The summed E-state index contributed by atoms with van der Waals surface area (Å²) in [6.45, 7) is 3.16. The van der Waals surface area contributed by atoms with Crippen LogP contribution in [0.4, 0.5) is 10.1 Å². The first kappa shape index (κ1) is 12.0. The van der Waals surface area contributed by atoms with Gasteiger partial charge in [0.05, 0.1) is 10.5 Å². The summed E-state index contributed by atoms with van der Waals surface area (Å²) in [6.07, 6.45) is 1.38. The Morgan fingerprint density at radius 3 is 2.56 bits per heavy atom. The molecule has 1 aromatic rings. The zero-order valence-electron chi connectivity index (χ0n) is 8.73. The number of aliphatic imine (C=N–C) groups is 1. The summed E-state index contributed by atoms with van der Waals surface area (Å²) >= 11 is 0. The topological polar surface area (TPSA) is 72.6 Å². The molecule has 0 radical (unpaired) electrons. The lowest BCUT2D eigenvalue weighted by Gasteiger charge is -2.17. The van der Waals surface area contributed by atoms with Crippen LogP contribution < -0.4 is 0 Å². The SMILES string of the molecule is CC(C)(N=C=O)c1ccc([N+](=O)[O-])c(F)c1. The van der Waals surface area contributed by atoms with Crippen LogP contribution in [0, 0.1) is 15.9 Å². The van der Waals surface area contributed by atoms with Gasteiger partial charge >= 0.3 is 5.69 Å². The summed E-state index contributed by atoms with van der Waals surface area (Å²) in [5, 5.41) is 10.4. The van der Waals surface area contributed by atoms with Crippen molar-refractivity contribution in [1.82, 2.24) is 0 Å². The molecule has 0 bridgehead atoms. The summed E-state index contributed by atoms with van der Waals surface area (Å²) in [6, 6.07) is 3.41. The third kappa shape index (κ3) is 2.29. The molecule has 6 heteroatoms. The molecule has 1 rings (SSSR count). The molecule has 0 saturated heterocycles. The minimum atomic E-state index is -0.948. The summed E-state index contributed by atoms with van der Waals surface area (Å²) < 4.78 is 13.3. The van der Waals surface area contributed by atoms with Crippen molar-refractivity contribution in [3.63, 3.8) is 0 Å². The van der Waals surface area contributed by atoms with Crippen molar-refractivity contribution in [3.8, 4) is 0 Å². The summed E-state index contributed by atoms with van der Waals surface area (Å²) in [7, 11) is 0. The Bertz CT molecular complexity index is 479. The van der Waals surface area contributed by atoms with E-state index in [1.807, 2.05) is 0 Å². The Hall–Kier alpha value is -2.07. The summed E-state index contributed by atoms with van der Waals surface area (Å²) in [4.78, 5) is 23.2. The fourth-order valence-electron chi connectivity index (χ4n) is 1.21. The van der Waals surface area contributed by atoms with E-state index < -0.39 is 22.0 Å². The van der Waals surface area contributed by atoms with E-state index in [1.165, 1.54) is 12.1 Å². The maximum Gasteiger partial charge on any atom is 0.304 e. The third-order valence-electron chi connectivity index (χ3n) is 2.18. The van der Waals surface area contributed by atoms with Crippen LogP contribution in [-0.4, -0.2) is 11.0 Å². The van der Waals surface area contributed by atoms with E-state index in [-0.39, 0.29) is 0 Å². The van der Waals surface area contributed by atoms with Crippen LogP contribution in [0.15, 0.2) is 23.2 Å². The van der Waals surface area contributed by atoms with Crippen molar-refractivity contribution in [2.24, 2.45) is 4.99 Å². The molecule has 0 heterocycles. The molecule has 84 valence electrons. The molecule has 0 unspecified atom stereocenters. The average molecular weight is 224 g/mol. The third-order valence-corrected chi connectivity index (χ3v) is 2.18.